The molecule has 0 fully saturated rings. The molecule has 4 heteroatoms. The van der Waals surface area contributed by atoms with Crippen molar-refractivity contribution in [2.75, 3.05) is 19.8 Å². The molecule has 1 N–H and O–H groups in total. The molecular weight excluding hydrogens is 232 g/mol. The maximum Gasteiger partial charge on any atom is 0.161 e. The number of hydrogen-bond acceptors (Lipinski definition) is 4. The quantitative estimate of drug-likeness (QED) is 0.873. The first-order chi connectivity index (χ1) is 8.70. The van der Waals surface area contributed by atoms with Gasteiger partial charge in [-0.25, -0.2) is 0 Å². The molecule has 1 heterocycles. The Labute approximate surface area is 107 Å². The van der Waals surface area contributed by atoms with E-state index in [4.69, 9.17) is 14.2 Å². The predicted molar refractivity (Wildman–Crippen MR) is 68.1 cm³/mol. The van der Waals surface area contributed by atoms with Crippen LogP contribution in [0.3, 0.4) is 0 Å². The van der Waals surface area contributed by atoms with Crippen molar-refractivity contribution in [1.29, 1.82) is 0 Å². The molecule has 18 heavy (non-hydrogen) atoms. The summed E-state index contributed by atoms with van der Waals surface area (Å²) in [4.78, 5) is 0. The van der Waals surface area contributed by atoms with Gasteiger partial charge in [-0.2, -0.15) is 0 Å². The summed E-state index contributed by atoms with van der Waals surface area (Å²) >= 11 is 0. The monoisotopic (exact) mass is 252 g/mol. The second-order valence-electron chi connectivity index (χ2n) is 4.47. The van der Waals surface area contributed by atoms with Crippen LogP contribution in [0.1, 0.15) is 31.9 Å². The third kappa shape index (κ3) is 3.15. The van der Waals surface area contributed by atoms with Gasteiger partial charge in [0.05, 0.1) is 12.7 Å². The largest absolute Gasteiger partial charge is 0.486 e. The van der Waals surface area contributed by atoms with Crippen molar-refractivity contribution in [1.82, 2.24) is 0 Å². The molecule has 0 bridgehead atoms. The van der Waals surface area contributed by atoms with Gasteiger partial charge in [0.25, 0.3) is 0 Å². The highest BCUT2D eigenvalue weighted by Crippen LogP contribution is 2.32. The fourth-order valence-electron chi connectivity index (χ4n) is 1.74. The van der Waals surface area contributed by atoms with Crippen molar-refractivity contribution < 1.29 is 19.3 Å². The van der Waals surface area contributed by atoms with E-state index in [0.29, 0.717) is 25.6 Å². The van der Waals surface area contributed by atoms with Crippen LogP contribution in [-0.4, -0.2) is 31.0 Å². The highest BCUT2D eigenvalue weighted by atomic mass is 16.6. The van der Waals surface area contributed by atoms with Crippen molar-refractivity contribution in [3.63, 3.8) is 0 Å². The van der Waals surface area contributed by atoms with Crippen molar-refractivity contribution in [2.45, 2.75) is 32.5 Å². The number of aliphatic hydroxyl groups excluding tert-OH is 1. The normalized spacial score (nSPS) is 17.3. The van der Waals surface area contributed by atoms with Gasteiger partial charge in [-0.15, -0.1) is 0 Å². The van der Waals surface area contributed by atoms with Crippen molar-refractivity contribution in [3.05, 3.63) is 23.8 Å². The zero-order valence-corrected chi connectivity index (χ0v) is 10.9. The number of hydrogen-bond donors (Lipinski definition) is 1. The van der Waals surface area contributed by atoms with Crippen molar-refractivity contribution >= 4 is 0 Å². The fraction of sp³-hybridized carbons (Fsp3) is 0.571. The third-order valence-electron chi connectivity index (χ3n) is 3.06. The molecule has 0 saturated carbocycles. The molecule has 2 unspecified atom stereocenters. The average Bonchev–Trinajstić information content (AvgIpc) is 2.43. The van der Waals surface area contributed by atoms with Crippen LogP contribution in [0, 0.1) is 0 Å². The smallest absolute Gasteiger partial charge is 0.161 e. The van der Waals surface area contributed by atoms with Gasteiger partial charge >= 0.3 is 0 Å². The SMILES string of the molecule is CCC(C)OCC(O)c1ccc2c(c1)OCCO2. The summed E-state index contributed by atoms with van der Waals surface area (Å²) in [6.45, 7) is 5.48. The van der Waals surface area contributed by atoms with E-state index >= 15 is 0 Å². The summed E-state index contributed by atoms with van der Waals surface area (Å²) < 4.78 is 16.4. The number of aliphatic hydroxyl groups is 1. The van der Waals surface area contributed by atoms with E-state index < -0.39 is 6.10 Å². The predicted octanol–water partition coefficient (Wildman–Crippen LogP) is 2.31. The second kappa shape index (κ2) is 6.07. The lowest BCUT2D eigenvalue weighted by Crippen LogP contribution is -2.17. The van der Waals surface area contributed by atoms with E-state index in [2.05, 4.69) is 6.92 Å². The Morgan fingerprint density at radius 1 is 1.28 bits per heavy atom. The number of ether oxygens (including phenoxy) is 3. The summed E-state index contributed by atoms with van der Waals surface area (Å²) in [5.41, 5.74) is 0.794. The van der Waals surface area contributed by atoms with Gasteiger partial charge in [-0.05, 0) is 31.0 Å². The summed E-state index contributed by atoms with van der Waals surface area (Å²) in [5, 5.41) is 10.0. The molecule has 1 aromatic rings. The minimum absolute atomic E-state index is 0.164. The van der Waals surface area contributed by atoms with Crippen LogP contribution in [0.15, 0.2) is 18.2 Å². The van der Waals surface area contributed by atoms with Crippen molar-refractivity contribution in [3.8, 4) is 11.5 Å². The van der Waals surface area contributed by atoms with Gasteiger partial charge in [0, 0.05) is 0 Å². The zero-order valence-electron chi connectivity index (χ0n) is 10.9. The number of rotatable bonds is 5. The van der Waals surface area contributed by atoms with Crippen LogP contribution in [0.5, 0.6) is 11.5 Å². The van der Waals surface area contributed by atoms with Crippen LogP contribution in [-0.2, 0) is 4.74 Å². The molecule has 2 atom stereocenters. The Balaban J connectivity index is 1.99. The highest BCUT2D eigenvalue weighted by molar-refractivity contribution is 5.44. The van der Waals surface area contributed by atoms with Crippen LogP contribution in [0.25, 0.3) is 0 Å². The summed E-state index contributed by atoms with van der Waals surface area (Å²) in [5.74, 6) is 1.43. The zero-order chi connectivity index (χ0) is 13.0. The van der Waals surface area contributed by atoms with Crippen LogP contribution >= 0.6 is 0 Å². The standard InChI is InChI=1S/C14H20O4/c1-3-10(2)18-9-12(15)11-4-5-13-14(8-11)17-7-6-16-13/h4-5,8,10,12,15H,3,6-7,9H2,1-2H3. The van der Waals surface area contributed by atoms with E-state index in [1.807, 2.05) is 25.1 Å². The maximum absolute atomic E-state index is 10.0. The van der Waals surface area contributed by atoms with Crippen LogP contribution in [0.2, 0.25) is 0 Å². The molecule has 0 amide bonds. The van der Waals surface area contributed by atoms with Crippen molar-refractivity contribution in [2.24, 2.45) is 0 Å². The lowest BCUT2D eigenvalue weighted by molar-refractivity contribution is -0.00389. The minimum Gasteiger partial charge on any atom is -0.486 e. The maximum atomic E-state index is 10.0. The summed E-state index contributed by atoms with van der Waals surface area (Å²) in [6.07, 6.45) is 0.472. The minimum atomic E-state index is -0.630. The topological polar surface area (TPSA) is 47.9 Å². The Kier molecular flexibility index (Phi) is 4.44. The van der Waals surface area contributed by atoms with Gasteiger partial charge in [-0.1, -0.05) is 13.0 Å². The van der Waals surface area contributed by atoms with E-state index in [9.17, 15) is 5.11 Å². The molecule has 1 aliphatic rings. The average molecular weight is 252 g/mol. The lowest BCUT2D eigenvalue weighted by Gasteiger charge is -2.20. The molecule has 0 aromatic heterocycles. The molecular formula is C14H20O4. The Morgan fingerprint density at radius 3 is 2.72 bits per heavy atom. The molecule has 2 rings (SSSR count). The number of fused-ring (bicyclic) bond motifs is 1. The van der Waals surface area contributed by atoms with E-state index in [-0.39, 0.29) is 6.10 Å². The van der Waals surface area contributed by atoms with Crippen LogP contribution < -0.4 is 9.47 Å². The van der Waals surface area contributed by atoms with E-state index in [0.717, 1.165) is 17.7 Å². The molecule has 0 saturated heterocycles. The highest BCUT2D eigenvalue weighted by Gasteiger charge is 2.16. The molecule has 1 aliphatic heterocycles. The first-order valence-corrected chi connectivity index (χ1v) is 6.40. The molecule has 100 valence electrons. The Bertz CT molecular complexity index is 391. The van der Waals surface area contributed by atoms with Gasteiger partial charge < -0.3 is 19.3 Å². The Morgan fingerprint density at radius 2 is 2.00 bits per heavy atom. The van der Waals surface area contributed by atoms with E-state index in [1.165, 1.54) is 0 Å². The first kappa shape index (κ1) is 13.2. The molecule has 0 radical (unpaired) electrons. The molecule has 1 aromatic carbocycles. The Hall–Kier alpha value is -1.26. The third-order valence-corrected chi connectivity index (χ3v) is 3.06. The summed E-state index contributed by atoms with van der Waals surface area (Å²) in [7, 11) is 0. The summed E-state index contributed by atoms with van der Waals surface area (Å²) in [6, 6.07) is 5.49. The van der Waals surface area contributed by atoms with Gasteiger partial charge in [0.15, 0.2) is 11.5 Å². The van der Waals surface area contributed by atoms with E-state index in [1.54, 1.807) is 0 Å². The van der Waals surface area contributed by atoms with Crippen LogP contribution in [0.4, 0.5) is 0 Å². The molecule has 0 spiro atoms. The van der Waals surface area contributed by atoms with Gasteiger partial charge in [-0.3, -0.25) is 0 Å². The molecule has 4 nitrogen and oxygen atoms in total. The molecule has 0 aliphatic carbocycles. The van der Waals surface area contributed by atoms with Gasteiger partial charge in [0.2, 0.25) is 0 Å². The fourth-order valence-corrected chi connectivity index (χ4v) is 1.74. The van der Waals surface area contributed by atoms with Gasteiger partial charge in [0.1, 0.15) is 19.3 Å². The first-order valence-electron chi connectivity index (χ1n) is 6.40. The second-order valence-corrected chi connectivity index (χ2v) is 4.47. The lowest BCUT2D eigenvalue weighted by atomic mass is 10.1. The number of benzene rings is 1.